The van der Waals surface area contributed by atoms with Crippen molar-refractivity contribution in [3.8, 4) is 5.75 Å². The molecule has 1 saturated heterocycles. The fourth-order valence-electron chi connectivity index (χ4n) is 2.94. The van der Waals surface area contributed by atoms with E-state index in [9.17, 15) is 4.79 Å². The second-order valence-corrected chi connectivity index (χ2v) is 8.66. The highest BCUT2D eigenvalue weighted by atomic mass is 79.9. The highest BCUT2D eigenvalue weighted by Gasteiger charge is 2.24. The SMILES string of the molecule is COCCOc1ccccc1C(=O)N1CCN(Cc2ccc(Br)s2)CC1. The van der Waals surface area contributed by atoms with Gasteiger partial charge in [-0.3, -0.25) is 9.69 Å². The number of para-hydroxylation sites is 1. The summed E-state index contributed by atoms with van der Waals surface area (Å²) in [7, 11) is 1.63. The number of nitrogens with zero attached hydrogens (tertiary/aromatic N) is 2. The maximum Gasteiger partial charge on any atom is 0.257 e. The Morgan fingerprint density at radius 2 is 1.88 bits per heavy atom. The van der Waals surface area contributed by atoms with Crippen LogP contribution >= 0.6 is 27.3 Å². The van der Waals surface area contributed by atoms with Gasteiger partial charge >= 0.3 is 0 Å². The fraction of sp³-hybridized carbons (Fsp3) is 0.421. The molecule has 0 aliphatic carbocycles. The number of benzene rings is 1. The van der Waals surface area contributed by atoms with Crippen molar-refractivity contribution < 1.29 is 14.3 Å². The molecule has 3 rings (SSSR count). The fourth-order valence-corrected chi connectivity index (χ4v) is 4.47. The van der Waals surface area contributed by atoms with Gasteiger partial charge in [-0.2, -0.15) is 0 Å². The molecule has 0 unspecified atom stereocenters. The highest BCUT2D eigenvalue weighted by molar-refractivity contribution is 9.11. The molecule has 1 amide bonds. The van der Waals surface area contributed by atoms with Gasteiger partial charge in [0, 0.05) is 44.7 Å². The minimum absolute atomic E-state index is 0.0385. The van der Waals surface area contributed by atoms with Gasteiger partial charge in [0.15, 0.2) is 0 Å². The van der Waals surface area contributed by atoms with Gasteiger partial charge in [-0.1, -0.05) is 12.1 Å². The summed E-state index contributed by atoms with van der Waals surface area (Å²) in [6.07, 6.45) is 0. The van der Waals surface area contributed by atoms with E-state index in [0.29, 0.717) is 24.5 Å². The summed E-state index contributed by atoms with van der Waals surface area (Å²) in [5, 5.41) is 0. The van der Waals surface area contributed by atoms with Gasteiger partial charge in [0.25, 0.3) is 5.91 Å². The van der Waals surface area contributed by atoms with Crippen LogP contribution in [0.5, 0.6) is 5.75 Å². The van der Waals surface area contributed by atoms with Crippen LogP contribution in [0.4, 0.5) is 0 Å². The van der Waals surface area contributed by atoms with E-state index in [1.165, 1.54) is 4.88 Å². The van der Waals surface area contributed by atoms with Crippen molar-refractivity contribution in [2.75, 3.05) is 46.5 Å². The zero-order valence-electron chi connectivity index (χ0n) is 14.8. The van der Waals surface area contributed by atoms with E-state index in [2.05, 4.69) is 33.0 Å². The van der Waals surface area contributed by atoms with Crippen LogP contribution in [-0.4, -0.2) is 62.2 Å². The molecule has 0 bridgehead atoms. The summed E-state index contributed by atoms with van der Waals surface area (Å²) >= 11 is 5.27. The van der Waals surface area contributed by atoms with Crippen molar-refractivity contribution in [3.05, 3.63) is 50.6 Å². The molecule has 26 heavy (non-hydrogen) atoms. The highest BCUT2D eigenvalue weighted by Crippen LogP contribution is 2.24. The van der Waals surface area contributed by atoms with E-state index in [0.717, 1.165) is 36.5 Å². The molecular weight excluding hydrogens is 416 g/mol. The van der Waals surface area contributed by atoms with E-state index in [1.807, 2.05) is 29.2 Å². The third-order valence-corrected chi connectivity index (χ3v) is 5.94. The smallest absolute Gasteiger partial charge is 0.257 e. The second-order valence-electron chi connectivity index (χ2n) is 6.11. The molecule has 1 fully saturated rings. The number of rotatable bonds is 7. The first-order valence-electron chi connectivity index (χ1n) is 8.64. The molecule has 1 aliphatic rings. The van der Waals surface area contributed by atoms with Gasteiger partial charge < -0.3 is 14.4 Å². The van der Waals surface area contributed by atoms with Crippen LogP contribution in [0.15, 0.2) is 40.2 Å². The molecular formula is C19H23BrN2O3S. The van der Waals surface area contributed by atoms with Crippen LogP contribution in [0.1, 0.15) is 15.2 Å². The number of carbonyl (C=O) groups is 1. The first-order chi connectivity index (χ1) is 12.7. The van der Waals surface area contributed by atoms with Gasteiger partial charge in [-0.25, -0.2) is 0 Å². The van der Waals surface area contributed by atoms with Gasteiger partial charge in [-0.05, 0) is 40.2 Å². The number of methoxy groups -OCH3 is 1. The van der Waals surface area contributed by atoms with E-state index in [1.54, 1.807) is 18.4 Å². The Morgan fingerprint density at radius 1 is 1.12 bits per heavy atom. The monoisotopic (exact) mass is 438 g/mol. The first-order valence-corrected chi connectivity index (χ1v) is 10.2. The predicted octanol–water partition coefficient (Wildman–Crippen LogP) is 3.49. The van der Waals surface area contributed by atoms with Crippen LogP contribution in [-0.2, 0) is 11.3 Å². The first kappa shape index (κ1) is 19.4. The lowest BCUT2D eigenvalue weighted by atomic mass is 10.1. The molecule has 2 aromatic rings. The normalized spacial score (nSPS) is 15.2. The maximum atomic E-state index is 12.9. The predicted molar refractivity (Wildman–Crippen MR) is 107 cm³/mol. The number of ether oxygens (including phenoxy) is 2. The lowest BCUT2D eigenvalue weighted by molar-refractivity contribution is 0.0623. The third kappa shape index (κ3) is 5.07. The number of hydrogen-bond donors (Lipinski definition) is 0. The van der Waals surface area contributed by atoms with Crippen molar-refractivity contribution in [2.45, 2.75) is 6.54 Å². The number of halogens is 1. The molecule has 0 N–H and O–H groups in total. The zero-order valence-corrected chi connectivity index (χ0v) is 17.2. The van der Waals surface area contributed by atoms with Crippen molar-refractivity contribution in [1.82, 2.24) is 9.80 Å². The van der Waals surface area contributed by atoms with Crippen molar-refractivity contribution in [2.24, 2.45) is 0 Å². The summed E-state index contributed by atoms with van der Waals surface area (Å²) in [5.41, 5.74) is 0.624. The number of hydrogen-bond acceptors (Lipinski definition) is 5. The Bertz CT molecular complexity index is 729. The van der Waals surface area contributed by atoms with Crippen LogP contribution in [0.25, 0.3) is 0 Å². The molecule has 0 radical (unpaired) electrons. The Balaban J connectivity index is 1.56. The molecule has 1 aromatic heterocycles. The molecule has 140 valence electrons. The van der Waals surface area contributed by atoms with Crippen LogP contribution < -0.4 is 4.74 Å². The third-order valence-electron chi connectivity index (χ3n) is 4.33. The van der Waals surface area contributed by atoms with Gasteiger partial charge in [0.2, 0.25) is 0 Å². The van der Waals surface area contributed by atoms with Gasteiger partial charge in [-0.15, -0.1) is 11.3 Å². The topological polar surface area (TPSA) is 42.0 Å². The van der Waals surface area contributed by atoms with E-state index in [-0.39, 0.29) is 5.91 Å². The Kier molecular flexibility index (Phi) is 7.07. The summed E-state index contributed by atoms with van der Waals surface area (Å²) in [6, 6.07) is 11.7. The van der Waals surface area contributed by atoms with E-state index in [4.69, 9.17) is 9.47 Å². The second kappa shape index (κ2) is 9.50. The standard InChI is InChI=1S/C19H23BrN2O3S/c1-24-12-13-25-17-5-3-2-4-16(17)19(23)22-10-8-21(9-11-22)14-15-6-7-18(20)26-15/h2-7H,8-14H2,1H3. The van der Waals surface area contributed by atoms with Crippen LogP contribution in [0, 0.1) is 0 Å². The average Bonchev–Trinajstić information content (AvgIpc) is 3.07. The minimum Gasteiger partial charge on any atom is -0.490 e. The minimum atomic E-state index is 0.0385. The number of carbonyl (C=O) groups excluding carboxylic acids is 1. The van der Waals surface area contributed by atoms with Crippen LogP contribution in [0.3, 0.4) is 0 Å². The van der Waals surface area contributed by atoms with E-state index >= 15 is 0 Å². The molecule has 0 atom stereocenters. The molecule has 5 nitrogen and oxygen atoms in total. The largest absolute Gasteiger partial charge is 0.490 e. The summed E-state index contributed by atoms with van der Waals surface area (Å²) in [6.45, 7) is 5.11. The average molecular weight is 439 g/mol. The molecule has 0 spiro atoms. The summed E-state index contributed by atoms with van der Waals surface area (Å²) < 4.78 is 11.9. The lowest BCUT2D eigenvalue weighted by Crippen LogP contribution is -2.48. The Labute approximate surface area is 166 Å². The molecule has 0 saturated carbocycles. The lowest BCUT2D eigenvalue weighted by Gasteiger charge is -2.34. The summed E-state index contributed by atoms with van der Waals surface area (Å²) in [4.78, 5) is 18.6. The Morgan fingerprint density at radius 3 is 2.58 bits per heavy atom. The summed E-state index contributed by atoms with van der Waals surface area (Å²) in [5.74, 6) is 0.664. The van der Waals surface area contributed by atoms with Crippen molar-refractivity contribution in [1.29, 1.82) is 0 Å². The molecule has 2 heterocycles. The number of piperazine rings is 1. The maximum absolute atomic E-state index is 12.9. The quantitative estimate of drug-likeness (QED) is 0.620. The van der Waals surface area contributed by atoms with Crippen molar-refractivity contribution in [3.63, 3.8) is 0 Å². The van der Waals surface area contributed by atoms with E-state index < -0.39 is 0 Å². The molecule has 7 heteroatoms. The molecule has 1 aromatic carbocycles. The molecule has 1 aliphatic heterocycles. The van der Waals surface area contributed by atoms with Crippen LogP contribution in [0.2, 0.25) is 0 Å². The number of amides is 1. The van der Waals surface area contributed by atoms with Gasteiger partial charge in [0.1, 0.15) is 12.4 Å². The van der Waals surface area contributed by atoms with Crippen molar-refractivity contribution >= 4 is 33.2 Å². The number of thiophene rings is 1. The Hall–Kier alpha value is -1.41. The van der Waals surface area contributed by atoms with Gasteiger partial charge in [0.05, 0.1) is 16.0 Å². The zero-order chi connectivity index (χ0) is 18.4.